The Balaban J connectivity index is 3.17. The van der Waals surface area contributed by atoms with Crippen molar-refractivity contribution < 1.29 is 4.79 Å². The van der Waals surface area contributed by atoms with Crippen LogP contribution in [0.2, 0.25) is 0 Å². The number of hydrogen-bond donors (Lipinski definition) is 0. The number of carbonyl (C=O) groups is 1. The molecule has 0 aromatic heterocycles. The lowest BCUT2D eigenvalue weighted by molar-refractivity contribution is 0.0988. The van der Waals surface area contributed by atoms with E-state index in [4.69, 9.17) is 0 Å². The zero-order chi connectivity index (χ0) is 11.3. The second-order valence-electron chi connectivity index (χ2n) is 3.62. The summed E-state index contributed by atoms with van der Waals surface area (Å²) >= 11 is 0. The van der Waals surface area contributed by atoms with Gasteiger partial charge in [-0.25, -0.2) is 0 Å². The molecule has 1 aromatic carbocycles. The highest BCUT2D eigenvalue weighted by atomic mass is 16.1. The van der Waals surface area contributed by atoms with E-state index < -0.39 is 0 Å². The van der Waals surface area contributed by atoms with Crippen LogP contribution < -0.4 is 0 Å². The molecule has 0 saturated heterocycles. The number of carbonyl (C=O) groups excluding carboxylic acids is 1. The number of hydrogen-bond acceptors (Lipinski definition) is 1. The third kappa shape index (κ3) is 2.79. The fourth-order valence-electron chi connectivity index (χ4n) is 1.68. The lowest BCUT2D eigenvalue weighted by Crippen LogP contribution is -2.00. The van der Waals surface area contributed by atoms with Gasteiger partial charge in [0.25, 0.3) is 0 Å². The molecule has 0 unspecified atom stereocenters. The van der Waals surface area contributed by atoms with Crippen LogP contribution in [0.4, 0.5) is 0 Å². The summed E-state index contributed by atoms with van der Waals surface area (Å²) in [4.78, 5) is 11.7. The number of benzene rings is 1. The van der Waals surface area contributed by atoms with Crippen LogP contribution in [0.15, 0.2) is 30.3 Å². The molecule has 0 aliphatic carbocycles. The van der Waals surface area contributed by atoms with E-state index in [0.29, 0.717) is 6.42 Å². The van der Waals surface area contributed by atoms with Crippen LogP contribution in [0.1, 0.15) is 49.5 Å². The minimum Gasteiger partial charge on any atom is -0.294 e. The van der Waals surface area contributed by atoms with Crippen molar-refractivity contribution in [2.24, 2.45) is 0 Å². The molecular weight excluding hydrogens is 184 g/mol. The smallest absolute Gasteiger partial charge is 0.163 e. The van der Waals surface area contributed by atoms with E-state index in [9.17, 15) is 4.79 Å². The second kappa shape index (κ2) is 5.50. The van der Waals surface area contributed by atoms with Gasteiger partial charge >= 0.3 is 0 Å². The summed E-state index contributed by atoms with van der Waals surface area (Å²) in [5, 5.41) is 0. The molecule has 0 N–H and O–H groups in total. The maximum atomic E-state index is 11.7. The molecular formula is C14H18O. The third-order valence-corrected chi connectivity index (χ3v) is 2.48. The van der Waals surface area contributed by atoms with Gasteiger partial charge in [-0.15, -0.1) is 0 Å². The molecule has 0 fully saturated rings. The average molecular weight is 202 g/mol. The normalized spacial score (nSPS) is 11.5. The zero-order valence-electron chi connectivity index (χ0n) is 9.71. The summed E-state index contributed by atoms with van der Waals surface area (Å²) in [5.74, 6) is 0.217. The van der Waals surface area contributed by atoms with Gasteiger partial charge in [-0.1, -0.05) is 44.2 Å². The predicted molar refractivity (Wildman–Crippen MR) is 65.0 cm³/mol. The first-order valence-electron chi connectivity index (χ1n) is 5.50. The highest BCUT2D eigenvalue weighted by Gasteiger charge is 2.09. The Morgan fingerprint density at radius 1 is 1.20 bits per heavy atom. The molecule has 0 atom stereocenters. The van der Waals surface area contributed by atoms with Crippen molar-refractivity contribution in [2.75, 3.05) is 0 Å². The van der Waals surface area contributed by atoms with Crippen LogP contribution in [0.25, 0.3) is 5.57 Å². The largest absolute Gasteiger partial charge is 0.294 e. The first-order chi connectivity index (χ1) is 7.20. The Bertz CT molecular complexity index is 375. The average Bonchev–Trinajstić information content (AvgIpc) is 2.28. The monoisotopic (exact) mass is 202 g/mol. The fraction of sp³-hybridized carbons (Fsp3) is 0.357. The second-order valence-corrected chi connectivity index (χ2v) is 3.62. The van der Waals surface area contributed by atoms with E-state index >= 15 is 0 Å². The van der Waals surface area contributed by atoms with Crippen molar-refractivity contribution in [3.63, 3.8) is 0 Å². The van der Waals surface area contributed by atoms with E-state index in [2.05, 4.69) is 19.9 Å². The SMILES string of the molecule is CC/C=C(\C)c1ccccc1C(=O)CC. The Hall–Kier alpha value is -1.37. The summed E-state index contributed by atoms with van der Waals surface area (Å²) in [5.41, 5.74) is 3.11. The molecule has 0 bridgehead atoms. The molecule has 1 nitrogen and oxygen atoms in total. The van der Waals surface area contributed by atoms with Crippen molar-refractivity contribution in [3.8, 4) is 0 Å². The third-order valence-electron chi connectivity index (χ3n) is 2.48. The summed E-state index contributed by atoms with van der Waals surface area (Å²) < 4.78 is 0. The van der Waals surface area contributed by atoms with Crippen molar-refractivity contribution in [2.45, 2.75) is 33.6 Å². The van der Waals surface area contributed by atoms with Gasteiger partial charge in [0.05, 0.1) is 0 Å². The van der Waals surface area contributed by atoms with Gasteiger partial charge in [0.1, 0.15) is 0 Å². The Kier molecular flexibility index (Phi) is 4.29. The van der Waals surface area contributed by atoms with Gasteiger partial charge in [0.2, 0.25) is 0 Å². The minimum absolute atomic E-state index is 0.217. The van der Waals surface area contributed by atoms with Gasteiger partial charge in [-0.3, -0.25) is 4.79 Å². The number of ketones is 1. The maximum absolute atomic E-state index is 11.7. The fourth-order valence-corrected chi connectivity index (χ4v) is 1.68. The molecule has 1 aromatic rings. The molecule has 0 aliphatic heterocycles. The summed E-state index contributed by atoms with van der Waals surface area (Å²) in [7, 11) is 0. The molecule has 0 radical (unpaired) electrons. The van der Waals surface area contributed by atoms with Gasteiger partial charge in [-0.2, -0.15) is 0 Å². The Morgan fingerprint density at radius 3 is 2.33 bits per heavy atom. The van der Waals surface area contributed by atoms with Crippen LogP contribution >= 0.6 is 0 Å². The first kappa shape index (κ1) is 11.7. The molecule has 0 heterocycles. The van der Waals surface area contributed by atoms with Crippen LogP contribution in [-0.2, 0) is 0 Å². The predicted octanol–water partition coefficient (Wildman–Crippen LogP) is 4.09. The van der Waals surface area contributed by atoms with Crippen LogP contribution in [0.3, 0.4) is 0 Å². The van der Waals surface area contributed by atoms with Gasteiger partial charge < -0.3 is 0 Å². The van der Waals surface area contributed by atoms with Crippen LogP contribution in [-0.4, -0.2) is 5.78 Å². The van der Waals surface area contributed by atoms with E-state index in [-0.39, 0.29) is 5.78 Å². The summed E-state index contributed by atoms with van der Waals surface area (Å²) in [6.07, 6.45) is 3.72. The highest BCUT2D eigenvalue weighted by Crippen LogP contribution is 2.20. The zero-order valence-corrected chi connectivity index (χ0v) is 9.71. The maximum Gasteiger partial charge on any atom is 0.163 e. The lowest BCUT2D eigenvalue weighted by Gasteiger charge is -2.07. The van der Waals surface area contributed by atoms with Crippen molar-refractivity contribution in [1.82, 2.24) is 0 Å². The van der Waals surface area contributed by atoms with E-state index in [0.717, 1.165) is 17.5 Å². The van der Waals surface area contributed by atoms with Gasteiger partial charge in [-0.05, 0) is 24.5 Å². The van der Waals surface area contributed by atoms with E-state index in [1.165, 1.54) is 5.57 Å². The molecule has 0 saturated carbocycles. The van der Waals surface area contributed by atoms with Crippen molar-refractivity contribution in [1.29, 1.82) is 0 Å². The van der Waals surface area contributed by atoms with Crippen LogP contribution in [0.5, 0.6) is 0 Å². The van der Waals surface area contributed by atoms with E-state index in [1.54, 1.807) is 0 Å². The molecule has 1 heteroatoms. The Morgan fingerprint density at radius 2 is 1.80 bits per heavy atom. The first-order valence-corrected chi connectivity index (χ1v) is 5.50. The molecule has 0 aliphatic rings. The van der Waals surface area contributed by atoms with Crippen LogP contribution in [0, 0.1) is 0 Å². The molecule has 1 rings (SSSR count). The molecule has 80 valence electrons. The number of Topliss-reactive ketones (excluding diaryl/α,β-unsaturated/α-hetero) is 1. The summed E-state index contributed by atoms with van der Waals surface area (Å²) in [6.45, 7) is 6.07. The van der Waals surface area contributed by atoms with Gasteiger partial charge in [0, 0.05) is 12.0 Å². The Labute approximate surface area is 91.8 Å². The molecule has 15 heavy (non-hydrogen) atoms. The standard InChI is InChI=1S/C14H18O/c1-4-8-11(3)12-9-6-7-10-13(12)14(15)5-2/h6-10H,4-5H2,1-3H3/b11-8+. The van der Waals surface area contributed by atoms with E-state index in [1.807, 2.05) is 31.2 Å². The topological polar surface area (TPSA) is 17.1 Å². The van der Waals surface area contributed by atoms with Crippen molar-refractivity contribution in [3.05, 3.63) is 41.5 Å². The highest BCUT2D eigenvalue weighted by molar-refractivity contribution is 6.00. The summed E-state index contributed by atoms with van der Waals surface area (Å²) in [6, 6.07) is 7.83. The molecule has 0 spiro atoms. The lowest BCUT2D eigenvalue weighted by atomic mass is 9.96. The number of allylic oxidation sites excluding steroid dienone is 2. The molecule has 0 amide bonds. The quantitative estimate of drug-likeness (QED) is 0.672. The number of rotatable bonds is 4. The minimum atomic E-state index is 0.217. The van der Waals surface area contributed by atoms with Crippen molar-refractivity contribution >= 4 is 11.4 Å². The van der Waals surface area contributed by atoms with Gasteiger partial charge in [0.15, 0.2) is 5.78 Å².